The fraction of sp³-hybridized carbons (Fsp3) is 0.211. The highest BCUT2D eigenvalue weighted by Gasteiger charge is 2.17. The molecule has 4 rings (SSSR count). The average Bonchev–Trinajstić information content (AvgIpc) is 3.42. The van der Waals surface area contributed by atoms with Crippen LogP contribution < -0.4 is 5.32 Å². The number of nitrogens with zero attached hydrogens (tertiary/aromatic N) is 5. The van der Waals surface area contributed by atoms with Gasteiger partial charge in [-0.15, -0.1) is 22.7 Å². The van der Waals surface area contributed by atoms with Crippen LogP contribution in [0.1, 0.15) is 20.4 Å². The number of thiazole rings is 1. The van der Waals surface area contributed by atoms with Gasteiger partial charge in [-0.05, 0) is 25.3 Å². The maximum Gasteiger partial charge on any atom is 0.263 e. The van der Waals surface area contributed by atoms with Crippen LogP contribution in [0.25, 0.3) is 21.8 Å². The monoisotopic (exact) mass is 410 g/mol. The topological polar surface area (TPSA) is 85.6 Å². The minimum Gasteiger partial charge on any atom is -0.349 e. The van der Waals surface area contributed by atoms with Crippen molar-refractivity contribution in [3.05, 3.63) is 57.9 Å². The van der Waals surface area contributed by atoms with Gasteiger partial charge in [0.25, 0.3) is 5.91 Å². The first-order valence-electron chi connectivity index (χ1n) is 8.72. The van der Waals surface area contributed by atoms with Crippen LogP contribution in [0.15, 0.2) is 42.3 Å². The van der Waals surface area contributed by atoms with Crippen molar-refractivity contribution in [2.45, 2.75) is 20.4 Å². The van der Waals surface area contributed by atoms with Gasteiger partial charge in [-0.25, -0.2) is 4.98 Å². The standard InChI is InChI=1S/C19H18N6OS2/c1-12-18(28-13(2)24-12)19(26)22-7-8-25-17(16-4-3-9-27-16)14(10-23-25)15-11-20-5-6-21-15/h3-6,9-11H,7-8H2,1-2H3,(H,22,26). The number of thiophene rings is 1. The lowest BCUT2D eigenvalue weighted by Crippen LogP contribution is -2.27. The second-order valence-electron chi connectivity index (χ2n) is 6.10. The van der Waals surface area contributed by atoms with Crippen LogP contribution in [0, 0.1) is 13.8 Å². The van der Waals surface area contributed by atoms with Crippen molar-refractivity contribution >= 4 is 28.6 Å². The number of rotatable bonds is 6. The van der Waals surface area contributed by atoms with Crippen LogP contribution in [0.5, 0.6) is 0 Å². The largest absolute Gasteiger partial charge is 0.349 e. The van der Waals surface area contributed by atoms with Crippen molar-refractivity contribution < 1.29 is 4.79 Å². The summed E-state index contributed by atoms with van der Waals surface area (Å²) in [6, 6.07) is 4.06. The zero-order valence-corrected chi connectivity index (χ0v) is 17.0. The quantitative estimate of drug-likeness (QED) is 0.525. The summed E-state index contributed by atoms with van der Waals surface area (Å²) >= 11 is 3.05. The Morgan fingerprint density at radius 3 is 2.82 bits per heavy atom. The molecule has 0 spiro atoms. The fourth-order valence-electron chi connectivity index (χ4n) is 2.95. The van der Waals surface area contributed by atoms with Crippen LogP contribution in [-0.4, -0.2) is 37.2 Å². The van der Waals surface area contributed by atoms with E-state index >= 15 is 0 Å². The van der Waals surface area contributed by atoms with Crippen molar-refractivity contribution in [3.63, 3.8) is 0 Å². The molecule has 4 aromatic rings. The molecule has 0 saturated carbocycles. The highest BCUT2D eigenvalue weighted by molar-refractivity contribution is 7.14. The van der Waals surface area contributed by atoms with Crippen LogP contribution in [0.4, 0.5) is 0 Å². The number of amides is 1. The molecular formula is C19H18N6OS2. The minimum atomic E-state index is -0.0953. The molecule has 0 fully saturated rings. The molecule has 0 atom stereocenters. The third-order valence-electron chi connectivity index (χ3n) is 4.15. The molecule has 0 aliphatic heterocycles. The molecule has 142 valence electrons. The molecule has 4 aromatic heterocycles. The first-order chi connectivity index (χ1) is 13.6. The molecule has 7 nitrogen and oxygen atoms in total. The first kappa shape index (κ1) is 18.5. The van der Waals surface area contributed by atoms with Crippen molar-refractivity contribution in [2.24, 2.45) is 0 Å². The van der Waals surface area contributed by atoms with E-state index in [1.807, 2.05) is 30.0 Å². The Kier molecular flexibility index (Phi) is 5.27. The molecule has 1 amide bonds. The van der Waals surface area contributed by atoms with Gasteiger partial charge >= 0.3 is 0 Å². The Labute approximate surface area is 170 Å². The molecule has 0 radical (unpaired) electrons. The lowest BCUT2D eigenvalue weighted by Gasteiger charge is -2.09. The molecule has 0 unspecified atom stereocenters. The molecule has 28 heavy (non-hydrogen) atoms. The lowest BCUT2D eigenvalue weighted by atomic mass is 10.1. The van der Waals surface area contributed by atoms with Crippen LogP contribution in [0.2, 0.25) is 0 Å². The van der Waals surface area contributed by atoms with Gasteiger partial charge in [-0.2, -0.15) is 5.10 Å². The van der Waals surface area contributed by atoms with Crippen LogP contribution in [0.3, 0.4) is 0 Å². The van der Waals surface area contributed by atoms with Gasteiger partial charge in [0.2, 0.25) is 0 Å². The Morgan fingerprint density at radius 2 is 2.14 bits per heavy atom. The highest BCUT2D eigenvalue weighted by Crippen LogP contribution is 2.33. The molecule has 0 aliphatic carbocycles. The number of aromatic nitrogens is 5. The Balaban J connectivity index is 1.54. The summed E-state index contributed by atoms with van der Waals surface area (Å²) in [5.74, 6) is -0.0953. The van der Waals surface area contributed by atoms with Gasteiger partial charge in [0.1, 0.15) is 4.88 Å². The van der Waals surface area contributed by atoms with Crippen LogP contribution >= 0.6 is 22.7 Å². The lowest BCUT2D eigenvalue weighted by molar-refractivity contribution is 0.0955. The summed E-state index contributed by atoms with van der Waals surface area (Å²) in [6.45, 7) is 4.78. The Morgan fingerprint density at radius 1 is 1.25 bits per heavy atom. The molecule has 0 aromatic carbocycles. The number of carbonyl (C=O) groups is 1. The van der Waals surface area contributed by atoms with E-state index in [0.717, 1.165) is 32.5 Å². The molecule has 1 N–H and O–H groups in total. The first-order valence-corrected chi connectivity index (χ1v) is 10.4. The van der Waals surface area contributed by atoms with Crippen molar-refractivity contribution in [2.75, 3.05) is 6.54 Å². The summed E-state index contributed by atoms with van der Waals surface area (Å²) < 4.78 is 1.90. The number of aryl methyl sites for hydroxylation is 2. The minimum absolute atomic E-state index is 0.0953. The van der Waals surface area contributed by atoms with E-state index in [2.05, 4.69) is 31.4 Å². The molecule has 9 heteroatoms. The summed E-state index contributed by atoms with van der Waals surface area (Å²) in [7, 11) is 0. The average molecular weight is 411 g/mol. The Hall–Kier alpha value is -2.91. The van der Waals surface area contributed by atoms with Gasteiger partial charge in [0, 0.05) is 24.5 Å². The normalized spacial score (nSPS) is 10.9. The number of hydrogen-bond donors (Lipinski definition) is 1. The summed E-state index contributed by atoms with van der Waals surface area (Å²) in [6.07, 6.45) is 6.86. The zero-order chi connectivity index (χ0) is 19.5. The van der Waals surface area contributed by atoms with Gasteiger partial charge in [-0.3, -0.25) is 19.4 Å². The van der Waals surface area contributed by atoms with Gasteiger partial charge in [0.05, 0.1) is 45.9 Å². The smallest absolute Gasteiger partial charge is 0.263 e. The zero-order valence-electron chi connectivity index (χ0n) is 15.4. The van der Waals surface area contributed by atoms with Crippen molar-refractivity contribution in [1.82, 2.24) is 30.0 Å². The van der Waals surface area contributed by atoms with Gasteiger partial charge in [0.15, 0.2) is 0 Å². The van der Waals surface area contributed by atoms with E-state index in [9.17, 15) is 4.79 Å². The second kappa shape index (κ2) is 7.99. The van der Waals surface area contributed by atoms with E-state index in [1.54, 1.807) is 36.1 Å². The third-order valence-corrected chi connectivity index (χ3v) is 6.10. The molecule has 0 bridgehead atoms. The second-order valence-corrected chi connectivity index (χ2v) is 8.25. The van der Waals surface area contributed by atoms with Crippen molar-refractivity contribution in [3.8, 4) is 21.8 Å². The fourth-order valence-corrected chi connectivity index (χ4v) is 4.58. The van der Waals surface area contributed by atoms with Crippen molar-refractivity contribution in [1.29, 1.82) is 0 Å². The van der Waals surface area contributed by atoms with E-state index in [4.69, 9.17) is 0 Å². The predicted octanol–water partition coefficient (Wildman–Crippen LogP) is 3.57. The molecular weight excluding hydrogens is 392 g/mol. The number of carbonyl (C=O) groups excluding carboxylic acids is 1. The maximum absolute atomic E-state index is 12.4. The highest BCUT2D eigenvalue weighted by atomic mass is 32.1. The van der Waals surface area contributed by atoms with E-state index in [1.165, 1.54) is 11.3 Å². The number of hydrogen-bond acceptors (Lipinski definition) is 7. The van der Waals surface area contributed by atoms with Gasteiger partial charge < -0.3 is 5.32 Å². The molecule has 0 saturated heterocycles. The summed E-state index contributed by atoms with van der Waals surface area (Å²) in [4.78, 5) is 27.1. The van der Waals surface area contributed by atoms with Crippen LogP contribution in [-0.2, 0) is 6.54 Å². The number of nitrogens with one attached hydrogen (secondary N) is 1. The Bertz CT molecular complexity index is 1090. The molecule has 0 aliphatic rings. The summed E-state index contributed by atoms with van der Waals surface area (Å²) in [5.41, 5.74) is 3.45. The van der Waals surface area contributed by atoms with E-state index in [0.29, 0.717) is 18.0 Å². The van der Waals surface area contributed by atoms with Gasteiger partial charge in [-0.1, -0.05) is 6.07 Å². The third kappa shape index (κ3) is 3.71. The maximum atomic E-state index is 12.4. The van der Waals surface area contributed by atoms with E-state index < -0.39 is 0 Å². The SMILES string of the molecule is Cc1nc(C)c(C(=O)NCCn2ncc(-c3cnccn3)c2-c2cccs2)s1. The molecule has 4 heterocycles. The summed E-state index contributed by atoms with van der Waals surface area (Å²) in [5, 5.41) is 10.4. The predicted molar refractivity (Wildman–Crippen MR) is 110 cm³/mol. The van der Waals surface area contributed by atoms with E-state index in [-0.39, 0.29) is 5.91 Å².